The SMILES string of the molecule is COc1cccc(CC(=O)N2CC3(CCN(CC4CC4)CC3)c3cc(F)ccc32)c1. The molecule has 0 N–H and O–H groups in total. The van der Waals surface area contributed by atoms with Gasteiger partial charge in [-0.15, -0.1) is 0 Å². The van der Waals surface area contributed by atoms with Crippen LogP contribution in [0.25, 0.3) is 0 Å². The van der Waals surface area contributed by atoms with E-state index in [1.54, 1.807) is 19.2 Å². The standard InChI is InChI=1S/C25H29FN2O2/c1-30-21-4-2-3-19(13-21)14-24(29)28-17-25(22-15-20(26)7-8-23(22)28)9-11-27(12-10-25)16-18-5-6-18/h2-4,7-8,13,15,18H,5-6,9-12,14,16-17H2,1H3. The fourth-order valence-electron chi connectivity index (χ4n) is 5.17. The summed E-state index contributed by atoms with van der Waals surface area (Å²) < 4.78 is 19.5. The third-order valence-electron chi connectivity index (χ3n) is 7.10. The number of benzene rings is 2. The lowest BCUT2D eigenvalue weighted by atomic mass is 9.74. The molecule has 158 valence electrons. The van der Waals surface area contributed by atoms with Gasteiger partial charge in [-0.2, -0.15) is 0 Å². The number of piperidine rings is 1. The zero-order chi connectivity index (χ0) is 20.7. The van der Waals surface area contributed by atoms with Crippen LogP contribution in [0.2, 0.25) is 0 Å². The fourth-order valence-corrected chi connectivity index (χ4v) is 5.17. The Morgan fingerprint density at radius 3 is 2.70 bits per heavy atom. The topological polar surface area (TPSA) is 32.8 Å². The van der Waals surface area contributed by atoms with Crippen molar-refractivity contribution in [2.75, 3.05) is 38.2 Å². The van der Waals surface area contributed by atoms with Crippen molar-refractivity contribution in [1.82, 2.24) is 4.90 Å². The molecule has 2 fully saturated rings. The minimum atomic E-state index is -0.212. The second-order valence-electron chi connectivity index (χ2n) is 9.19. The number of fused-ring (bicyclic) bond motifs is 2. The average Bonchev–Trinajstić information content (AvgIpc) is 3.52. The lowest BCUT2D eigenvalue weighted by Crippen LogP contribution is -2.46. The van der Waals surface area contributed by atoms with Gasteiger partial charge in [0.25, 0.3) is 0 Å². The third-order valence-corrected chi connectivity index (χ3v) is 7.10. The number of halogens is 1. The van der Waals surface area contributed by atoms with E-state index >= 15 is 0 Å². The van der Waals surface area contributed by atoms with Crippen LogP contribution in [-0.2, 0) is 16.6 Å². The summed E-state index contributed by atoms with van der Waals surface area (Å²) in [6.45, 7) is 3.92. The maximum Gasteiger partial charge on any atom is 0.231 e. The highest BCUT2D eigenvalue weighted by Crippen LogP contribution is 2.48. The Balaban J connectivity index is 1.37. The van der Waals surface area contributed by atoms with Crippen molar-refractivity contribution < 1.29 is 13.9 Å². The highest BCUT2D eigenvalue weighted by Gasteiger charge is 2.46. The molecule has 3 aliphatic rings. The molecule has 2 heterocycles. The van der Waals surface area contributed by atoms with Crippen LogP contribution in [0.3, 0.4) is 0 Å². The number of anilines is 1. The number of hydrogen-bond acceptors (Lipinski definition) is 3. The lowest BCUT2D eigenvalue weighted by Gasteiger charge is -2.40. The predicted octanol–water partition coefficient (Wildman–Crippen LogP) is 4.17. The first-order chi connectivity index (χ1) is 14.6. The molecule has 0 aromatic heterocycles. The zero-order valence-corrected chi connectivity index (χ0v) is 17.6. The Bertz CT molecular complexity index is 948. The Labute approximate surface area is 177 Å². The summed E-state index contributed by atoms with van der Waals surface area (Å²) >= 11 is 0. The molecule has 2 aromatic carbocycles. The van der Waals surface area contributed by atoms with E-state index in [1.807, 2.05) is 29.2 Å². The zero-order valence-electron chi connectivity index (χ0n) is 17.6. The molecule has 0 radical (unpaired) electrons. The van der Waals surface area contributed by atoms with Crippen molar-refractivity contribution in [3.63, 3.8) is 0 Å². The van der Waals surface area contributed by atoms with Gasteiger partial charge in [-0.25, -0.2) is 4.39 Å². The van der Waals surface area contributed by atoms with Crippen LogP contribution in [0.1, 0.15) is 36.8 Å². The van der Waals surface area contributed by atoms with Crippen LogP contribution in [0.4, 0.5) is 10.1 Å². The van der Waals surface area contributed by atoms with Crippen molar-refractivity contribution in [3.05, 3.63) is 59.4 Å². The molecule has 0 atom stereocenters. The molecular weight excluding hydrogens is 379 g/mol. The van der Waals surface area contributed by atoms with Crippen LogP contribution in [0.15, 0.2) is 42.5 Å². The molecule has 1 saturated heterocycles. The van der Waals surface area contributed by atoms with Gasteiger partial charge in [0.1, 0.15) is 11.6 Å². The van der Waals surface area contributed by atoms with Gasteiger partial charge in [-0.3, -0.25) is 4.79 Å². The number of methoxy groups -OCH3 is 1. The van der Waals surface area contributed by atoms with E-state index in [1.165, 1.54) is 25.5 Å². The molecule has 30 heavy (non-hydrogen) atoms. The van der Waals surface area contributed by atoms with Gasteiger partial charge in [-0.05, 0) is 86.1 Å². The number of hydrogen-bond donors (Lipinski definition) is 0. The van der Waals surface area contributed by atoms with E-state index in [0.717, 1.165) is 54.4 Å². The molecule has 2 aromatic rings. The number of carbonyl (C=O) groups is 1. The summed E-state index contributed by atoms with van der Waals surface area (Å²) in [5.41, 5.74) is 2.72. The smallest absolute Gasteiger partial charge is 0.231 e. The van der Waals surface area contributed by atoms with Gasteiger partial charge in [0, 0.05) is 24.2 Å². The summed E-state index contributed by atoms with van der Waals surface area (Å²) in [4.78, 5) is 17.7. The molecule has 1 amide bonds. The molecule has 2 aliphatic heterocycles. The Kier molecular flexibility index (Phi) is 5.02. The first-order valence-electron chi connectivity index (χ1n) is 11.0. The lowest BCUT2D eigenvalue weighted by molar-refractivity contribution is -0.118. The predicted molar refractivity (Wildman–Crippen MR) is 116 cm³/mol. The van der Waals surface area contributed by atoms with Crippen LogP contribution < -0.4 is 9.64 Å². The second-order valence-corrected chi connectivity index (χ2v) is 9.19. The first kappa shape index (κ1) is 19.6. The molecule has 1 spiro atoms. The molecule has 5 heteroatoms. The monoisotopic (exact) mass is 408 g/mol. The third kappa shape index (κ3) is 3.71. The highest BCUT2D eigenvalue weighted by molar-refractivity contribution is 5.97. The van der Waals surface area contributed by atoms with Gasteiger partial charge in [-0.1, -0.05) is 12.1 Å². The summed E-state index contributed by atoms with van der Waals surface area (Å²) in [7, 11) is 1.63. The van der Waals surface area contributed by atoms with E-state index in [-0.39, 0.29) is 17.1 Å². The summed E-state index contributed by atoms with van der Waals surface area (Å²) in [5.74, 6) is 1.49. The maximum atomic E-state index is 14.2. The average molecular weight is 409 g/mol. The maximum absolute atomic E-state index is 14.2. The van der Waals surface area contributed by atoms with E-state index in [0.29, 0.717) is 13.0 Å². The number of amides is 1. The second kappa shape index (κ2) is 7.69. The molecule has 1 aliphatic carbocycles. The number of carbonyl (C=O) groups excluding carboxylic acids is 1. The summed E-state index contributed by atoms with van der Waals surface area (Å²) in [6.07, 6.45) is 5.01. The molecule has 5 rings (SSSR count). The molecule has 0 unspecified atom stereocenters. The van der Waals surface area contributed by atoms with E-state index in [2.05, 4.69) is 4.90 Å². The van der Waals surface area contributed by atoms with E-state index < -0.39 is 0 Å². The number of nitrogens with zero attached hydrogens (tertiary/aromatic N) is 2. The number of likely N-dealkylation sites (tertiary alicyclic amines) is 1. The Morgan fingerprint density at radius 1 is 1.17 bits per heavy atom. The summed E-state index contributed by atoms with van der Waals surface area (Å²) in [5, 5.41) is 0. The van der Waals surface area contributed by atoms with Gasteiger partial charge in [0.15, 0.2) is 0 Å². The largest absolute Gasteiger partial charge is 0.497 e. The Hall–Kier alpha value is -2.40. The van der Waals surface area contributed by atoms with E-state index in [9.17, 15) is 9.18 Å². The minimum Gasteiger partial charge on any atom is -0.497 e. The van der Waals surface area contributed by atoms with E-state index in [4.69, 9.17) is 4.74 Å². The van der Waals surface area contributed by atoms with Gasteiger partial charge < -0.3 is 14.5 Å². The van der Waals surface area contributed by atoms with Crippen LogP contribution in [-0.4, -0.2) is 44.1 Å². The first-order valence-corrected chi connectivity index (χ1v) is 11.0. The highest BCUT2D eigenvalue weighted by atomic mass is 19.1. The summed E-state index contributed by atoms with van der Waals surface area (Å²) in [6, 6.07) is 12.6. The molecular formula is C25H29FN2O2. The molecule has 1 saturated carbocycles. The van der Waals surface area contributed by atoms with Crippen LogP contribution in [0, 0.1) is 11.7 Å². The van der Waals surface area contributed by atoms with Crippen molar-refractivity contribution in [2.45, 2.75) is 37.5 Å². The quantitative estimate of drug-likeness (QED) is 0.745. The van der Waals surface area contributed by atoms with Crippen molar-refractivity contribution >= 4 is 11.6 Å². The number of rotatable bonds is 5. The van der Waals surface area contributed by atoms with Gasteiger partial charge in [0.2, 0.25) is 5.91 Å². The molecule has 4 nitrogen and oxygen atoms in total. The Morgan fingerprint density at radius 2 is 1.97 bits per heavy atom. The van der Waals surface area contributed by atoms with Crippen molar-refractivity contribution in [2.24, 2.45) is 5.92 Å². The number of ether oxygens (including phenoxy) is 1. The minimum absolute atomic E-state index is 0.0633. The van der Waals surface area contributed by atoms with Crippen molar-refractivity contribution in [3.8, 4) is 5.75 Å². The van der Waals surface area contributed by atoms with Crippen LogP contribution in [0.5, 0.6) is 5.75 Å². The van der Waals surface area contributed by atoms with Crippen LogP contribution >= 0.6 is 0 Å². The van der Waals surface area contributed by atoms with Gasteiger partial charge >= 0.3 is 0 Å². The molecule has 0 bridgehead atoms. The fraction of sp³-hybridized carbons (Fsp3) is 0.480. The van der Waals surface area contributed by atoms with Gasteiger partial charge in [0.05, 0.1) is 13.5 Å². The normalized spacial score (nSPS) is 20.4. The van der Waals surface area contributed by atoms with Crippen molar-refractivity contribution in [1.29, 1.82) is 0 Å².